The van der Waals surface area contributed by atoms with Crippen molar-refractivity contribution in [2.24, 2.45) is 0 Å². The van der Waals surface area contributed by atoms with Gasteiger partial charge in [0.25, 0.3) is 0 Å². The number of carbonyl (C=O) groups is 1. The molecule has 0 aliphatic carbocycles. The molecule has 0 spiro atoms. The van der Waals surface area contributed by atoms with E-state index in [1.807, 2.05) is 36.4 Å². The predicted molar refractivity (Wildman–Crippen MR) is 99.4 cm³/mol. The van der Waals surface area contributed by atoms with Crippen molar-refractivity contribution in [3.8, 4) is 11.5 Å². The van der Waals surface area contributed by atoms with E-state index in [-0.39, 0.29) is 11.0 Å². The quantitative estimate of drug-likeness (QED) is 0.645. The highest BCUT2D eigenvalue weighted by Crippen LogP contribution is 2.27. The molecule has 124 valence electrons. The first-order valence-electron chi connectivity index (χ1n) is 7.19. The van der Waals surface area contributed by atoms with Crippen LogP contribution in [0, 0.1) is 0 Å². The molecule has 24 heavy (non-hydrogen) atoms. The lowest BCUT2D eigenvalue weighted by atomic mass is 10.2. The van der Waals surface area contributed by atoms with E-state index in [4.69, 9.17) is 21.7 Å². The number of anilines is 1. The number of amides is 1. The van der Waals surface area contributed by atoms with E-state index < -0.39 is 0 Å². The summed E-state index contributed by atoms with van der Waals surface area (Å²) in [5.41, 5.74) is 1.62. The minimum atomic E-state index is -0.321. The highest BCUT2D eigenvalue weighted by atomic mass is 32.1. The van der Waals surface area contributed by atoms with Crippen LogP contribution in [0.1, 0.15) is 5.56 Å². The topological polar surface area (TPSA) is 59.6 Å². The van der Waals surface area contributed by atoms with Gasteiger partial charge in [0.15, 0.2) is 16.6 Å². The largest absolute Gasteiger partial charge is 0.493 e. The zero-order valence-electron chi connectivity index (χ0n) is 13.4. The smallest absolute Gasteiger partial charge is 0.250 e. The zero-order valence-corrected chi connectivity index (χ0v) is 14.2. The fraction of sp³-hybridized carbons (Fsp3) is 0.111. The summed E-state index contributed by atoms with van der Waals surface area (Å²) in [5, 5.41) is 5.76. The Morgan fingerprint density at radius 2 is 1.75 bits per heavy atom. The van der Waals surface area contributed by atoms with Crippen LogP contribution in [0.25, 0.3) is 6.08 Å². The minimum absolute atomic E-state index is 0.239. The van der Waals surface area contributed by atoms with Gasteiger partial charge in [0.1, 0.15) is 0 Å². The standard InChI is InChI=1S/C18H18N2O3S/c1-22-15-10-8-13(12-16(15)23-2)9-11-17(21)20-18(24)19-14-6-4-3-5-7-14/h3-12H,1-2H3,(H2,19,20,21,24)/b11-9+. The molecule has 0 atom stereocenters. The molecular weight excluding hydrogens is 324 g/mol. The highest BCUT2D eigenvalue weighted by Gasteiger charge is 2.04. The van der Waals surface area contributed by atoms with Crippen LogP contribution in [-0.2, 0) is 4.79 Å². The monoisotopic (exact) mass is 342 g/mol. The van der Waals surface area contributed by atoms with Gasteiger partial charge in [0.2, 0.25) is 5.91 Å². The molecule has 2 aromatic carbocycles. The maximum Gasteiger partial charge on any atom is 0.250 e. The lowest BCUT2D eigenvalue weighted by molar-refractivity contribution is -0.115. The Kier molecular flexibility index (Phi) is 6.33. The summed E-state index contributed by atoms with van der Waals surface area (Å²) < 4.78 is 10.4. The molecule has 0 radical (unpaired) electrons. The second-order valence-electron chi connectivity index (χ2n) is 4.76. The highest BCUT2D eigenvalue weighted by molar-refractivity contribution is 7.80. The Bertz CT molecular complexity index is 745. The average Bonchev–Trinajstić information content (AvgIpc) is 2.60. The summed E-state index contributed by atoms with van der Waals surface area (Å²) in [7, 11) is 3.13. The Balaban J connectivity index is 1.94. The summed E-state index contributed by atoms with van der Waals surface area (Å²) in [6, 6.07) is 14.8. The van der Waals surface area contributed by atoms with E-state index in [0.717, 1.165) is 11.3 Å². The molecule has 0 saturated heterocycles. The van der Waals surface area contributed by atoms with Crippen LogP contribution in [0.2, 0.25) is 0 Å². The van der Waals surface area contributed by atoms with Gasteiger partial charge in [-0.15, -0.1) is 0 Å². The molecule has 2 rings (SSSR count). The molecule has 1 amide bonds. The first kappa shape index (κ1) is 17.5. The third-order valence-corrected chi connectivity index (χ3v) is 3.31. The lowest BCUT2D eigenvalue weighted by Crippen LogP contribution is -2.32. The van der Waals surface area contributed by atoms with Gasteiger partial charge < -0.3 is 14.8 Å². The number of thiocarbonyl (C=S) groups is 1. The van der Waals surface area contributed by atoms with Crippen molar-refractivity contribution in [3.63, 3.8) is 0 Å². The van der Waals surface area contributed by atoms with Crippen LogP contribution in [0.15, 0.2) is 54.6 Å². The van der Waals surface area contributed by atoms with Gasteiger partial charge in [-0.05, 0) is 48.1 Å². The maximum absolute atomic E-state index is 11.9. The van der Waals surface area contributed by atoms with Crippen LogP contribution >= 0.6 is 12.2 Å². The van der Waals surface area contributed by atoms with Gasteiger partial charge in [-0.1, -0.05) is 24.3 Å². The molecule has 5 nitrogen and oxygen atoms in total. The number of methoxy groups -OCH3 is 2. The molecule has 0 heterocycles. The number of nitrogens with one attached hydrogen (secondary N) is 2. The van der Waals surface area contributed by atoms with Gasteiger partial charge in [-0.25, -0.2) is 0 Å². The SMILES string of the molecule is COc1ccc(/C=C/C(=O)NC(=S)Nc2ccccc2)cc1OC. The molecule has 2 N–H and O–H groups in total. The Morgan fingerprint density at radius 1 is 1.04 bits per heavy atom. The normalized spacial score (nSPS) is 10.2. The first-order valence-corrected chi connectivity index (χ1v) is 7.60. The Hall–Kier alpha value is -2.86. The third kappa shape index (κ3) is 5.10. The summed E-state index contributed by atoms with van der Waals surface area (Å²) in [6.07, 6.45) is 3.07. The van der Waals surface area contributed by atoms with Crippen molar-refractivity contribution < 1.29 is 14.3 Å². The second-order valence-corrected chi connectivity index (χ2v) is 5.17. The molecule has 0 saturated carbocycles. The molecule has 0 aliphatic heterocycles. The molecule has 0 bridgehead atoms. The summed E-state index contributed by atoms with van der Waals surface area (Å²) in [4.78, 5) is 11.9. The number of hydrogen-bond donors (Lipinski definition) is 2. The van der Waals surface area contributed by atoms with E-state index in [1.54, 1.807) is 32.4 Å². The number of carbonyl (C=O) groups excluding carboxylic acids is 1. The predicted octanol–water partition coefficient (Wildman–Crippen LogP) is 3.23. The van der Waals surface area contributed by atoms with Gasteiger partial charge in [0, 0.05) is 11.8 Å². The van der Waals surface area contributed by atoms with Crippen molar-refractivity contribution in [2.45, 2.75) is 0 Å². The minimum Gasteiger partial charge on any atom is -0.493 e. The van der Waals surface area contributed by atoms with Crippen LogP contribution < -0.4 is 20.1 Å². The number of hydrogen-bond acceptors (Lipinski definition) is 4. The van der Waals surface area contributed by atoms with Crippen LogP contribution in [0.3, 0.4) is 0 Å². The van der Waals surface area contributed by atoms with Crippen molar-refractivity contribution in [2.75, 3.05) is 19.5 Å². The number of rotatable bonds is 5. The van der Waals surface area contributed by atoms with Crippen molar-refractivity contribution in [1.82, 2.24) is 5.32 Å². The van der Waals surface area contributed by atoms with Crippen LogP contribution in [0.4, 0.5) is 5.69 Å². The summed E-state index contributed by atoms with van der Waals surface area (Å²) in [5.74, 6) is 0.909. The molecule has 2 aromatic rings. The second kappa shape index (κ2) is 8.69. The molecular formula is C18H18N2O3S. The van der Waals surface area contributed by atoms with E-state index in [2.05, 4.69) is 10.6 Å². The molecule has 0 fully saturated rings. The van der Waals surface area contributed by atoms with Crippen LogP contribution in [0.5, 0.6) is 11.5 Å². The van der Waals surface area contributed by atoms with E-state index in [0.29, 0.717) is 11.5 Å². The lowest BCUT2D eigenvalue weighted by Gasteiger charge is -2.08. The van der Waals surface area contributed by atoms with Gasteiger partial charge in [0.05, 0.1) is 14.2 Å². The van der Waals surface area contributed by atoms with Crippen molar-refractivity contribution in [1.29, 1.82) is 0 Å². The first-order chi connectivity index (χ1) is 11.6. The van der Waals surface area contributed by atoms with Gasteiger partial charge in [-0.2, -0.15) is 0 Å². The Labute approximate surface area is 146 Å². The van der Waals surface area contributed by atoms with E-state index >= 15 is 0 Å². The van der Waals surface area contributed by atoms with Gasteiger partial charge >= 0.3 is 0 Å². The van der Waals surface area contributed by atoms with E-state index in [1.165, 1.54) is 6.08 Å². The molecule has 0 unspecified atom stereocenters. The van der Waals surface area contributed by atoms with Gasteiger partial charge in [-0.3, -0.25) is 10.1 Å². The summed E-state index contributed by atoms with van der Waals surface area (Å²) in [6.45, 7) is 0. The fourth-order valence-electron chi connectivity index (χ4n) is 1.97. The number of para-hydroxylation sites is 1. The molecule has 0 aromatic heterocycles. The van der Waals surface area contributed by atoms with Crippen molar-refractivity contribution in [3.05, 3.63) is 60.2 Å². The molecule has 6 heteroatoms. The van der Waals surface area contributed by atoms with Crippen molar-refractivity contribution >= 4 is 35.0 Å². The fourth-order valence-corrected chi connectivity index (χ4v) is 2.18. The zero-order chi connectivity index (χ0) is 17.4. The maximum atomic E-state index is 11.9. The van der Waals surface area contributed by atoms with E-state index in [9.17, 15) is 4.79 Å². The Morgan fingerprint density at radius 3 is 2.42 bits per heavy atom. The van der Waals surface area contributed by atoms with Crippen LogP contribution in [-0.4, -0.2) is 25.2 Å². The third-order valence-electron chi connectivity index (χ3n) is 3.10. The number of benzene rings is 2. The molecule has 0 aliphatic rings. The summed E-state index contributed by atoms with van der Waals surface area (Å²) >= 11 is 5.10. The number of ether oxygens (including phenoxy) is 2. The average molecular weight is 342 g/mol.